The molecule has 0 aliphatic rings. The van der Waals surface area contributed by atoms with Crippen LogP contribution in [0.1, 0.15) is 23.7 Å². The van der Waals surface area contributed by atoms with Crippen LogP contribution in [0, 0.1) is 6.92 Å². The Morgan fingerprint density at radius 2 is 1.96 bits per heavy atom. The van der Waals surface area contributed by atoms with Crippen molar-refractivity contribution in [2.75, 3.05) is 0 Å². The van der Waals surface area contributed by atoms with Gasteiger partial charge in [-0.05, 0) is 31.4 Å². The fourth-order valence-corrected chi connectivity index (χ4v) is 4.13. The molecule has 0 unspecified atom stereocenters. The maximum atomic E-state index is 6.35. The van der Waals surface area contributed by atoms with Crippen molar-refractivity contribution in [2.24, 2.45) is 0 Å². The lowest BCUT2D eigenvalue weighted by molar-refractivity contribution is 0.309. The Bertz CT molecular complexity index is 1060. The average Bonchev–Trinajstić information content (AvgIpc) is 2.65. The zero-order valence-electron chi connectivity index (χ0n) is 15.3. The zero-order chi connectivity index (χ0) is 20.3. The lowest BCUT2D eigenvalue weighted by Crippen LogP contribution is -2.00. The highest BCUT2D eigenvalue weighted by Crippen LogP contribution is 2.39. The molecular weight excluding hydrogens is 435 g/mol. The zero-order valence-corrected chi connectivity index (χ0v) is 18.4. The number of aromatic nitrogens is 2. The van der Waals surface area contributed by atoms with Gasteiger partial charge in [0.15, 0.2) is 0 Å². The minimum Gasteiger partial charge on any atom is -0.487 e. The molecule has 0 aliphatic carbocycles. The first kappa shape index (κ1) is 21.0. The van der Waals surface area contributed by atoms with E-state index in [2.05, 4.69) is 11.6 Å². The number of rotatable bonds is 6. The van der Waals surface area contributed by atoms with Crippen LogP contribution in [-0.2, 0) is 6.61 Å². The summed E-state index contributed by atoms with van der Waals surface area (Å²) in [5, 5.41) is 4.32. The second-order valence-electron chi connectivity index (χ2n) is 5.98. The minimum absolute atomic E-state index is 0.211. The van der Waals surface area contributed by atoms with E-state index in [-0.39, 0.29) is 6.61 Å². The Kier molecular flexibility index (Phi) is 6.89. The first-order chi connectivity index (χ1) is 13.4. The van der Waals surface area contributed by atoms with Crippen molar-refractivity contribution >= 4 is 62.4 Å². The van der Waals surface area contributed by atoms with Crippen molar-refractivity contribution in [3.8, 4) is 5.75 Å². The number of benzene rings is 1. The predicted octanol–water partition coefficient (Wildman–Crippen LogP) is 7.63. The standard InChI is InChI=1S/C21H17Cl3N2OS/c1-4-28-21(13(3)22)15-8-12(2)26-20-14(15)6-5-7-19(20)27-11-16-17(23)9-25-10-18(16)24/h4-10H,1,11H2,2-3H3/b21-13+. The van der Waals surface area contributed by atoms with Crippen molar-refractivity contribution in [3.63, 3.8) is 0 Å². The van der Waals surface area contributed by atoms with Gasteiger partial charge in [-0.3, -0.25) is 4.98 Å². The number of fused-ring (bicyclic) bond motifs is 1. The number of thioether (sulfide) groups is 1. The molecular formula is C21H17Cl3N2OS. The summed E-state index contributed by atoms with van der Waals surface area (Å²) in [6.45, 7) is 7.82. The lowest BCUT2D eigenvalue weighted by atomic mass is 10.1. The molecule has 0 radical (unpaired) electrons. The van der Waals surface area contributed by atoms with Crippen molar-refractivity contribution in [2.45, 2.75) is 20.5 Å². The molecule has 28 heavy (non-hydrogen) atoms. The number of hydrogen-bond acceptors (Lipinski definition) is 4. The summed E-state index contributed by atoms with van der Waals surface area (Å²) in [6, 6.07) is 7.81. The molecule has 0 aliphatic heterocycles. The monoisotopic (exact) mass is 450 g/mol. The van der Waals surface area contributed by atoms with Gasteiger partial charge in [0, 0.05) is 44.5 Å². The van der Waals surface area contributed by atoms with E-state index in [1.165, 1.54) is 11.8 Å². The maximum Gasteiger partial charge on any atom is 0.146 e. The molecule has 3 aromatic rings. The number of hydrogen-bond donors (Lipinski definition) is 0. The highest BCUT2D eigenvalue weighted by atomic mass is 35.5. The van der Waals surface area contributed by atoms with Crippen LogP contribution in [0.5, 0.6) is 5.75 Å². The number of para-hydroxylation sites is 1. The first-order valence-corrected chi connectivity index (χ1v) is 10.4. The van der Waals surface area contributed by atoms with Gasteiger partial charge >= 0.3 is 0 Å². The number of aryl methyl sites for hydroxylation is 1. The quantitative estimate of drug-likeness (QED) is 0.386. The molecule has 0 amide bonds. The number of allylic oxidation sites excluding steroid dienone is 1. The van der Waals surface area contributed by atoms with Gasteiger partial charge in [0.05, 0.1) is 10.0 Å². The molecule has 0 spiro atoms. The Hall–Kier alpha value is -1.72. The van der Waals surface area contributed by atoms with E-state index < -0.39 is 0 Å². The van der Waals surface area contributed by atoms with Crippen LogP contribution in [0.2, 0.25) is 10.0 Å². The Labute approximate surface area is 183 Å². The Balaban J connectivity index is 2.08. The second kappa shape index (κ2) is 9.19. The van der Waals surface area contributed by atoms with Gasteiger partial charge in [-0.25, -0.2) is 4.98 Å². The summed E-state index contributed by atoms with van der Waals surface area (Å²) in [5.41, 5.74) is 3.28. The average molecular weight is 452 g/mol. The Morgan fingerprint density at radius 1 is 1.25 bits per heavy atom. The molecule has 3 rings (SSSR count). The molecule has 2 heterocycles. The van der Waals surface area contributed by atoms with Gasteiger partial charge in [-0.15, -0.1) is 0 Å². The molecule has 1 aromatic carbocycles. The largest absolute Gasteiger partial charge is 0.487 e. The molecule has 0 N–H and O–H groups in total. The molecule has 0 bridgehead atoms. The SMILES string of the molecule is C=CS/C(=C(\C)Cl)c1cc(C)nc2c(OCc3c(Cl)cncc3Cl)cccc12. The third-order valence-corrected chi connectivity index (χ3v) is 5.89. The van der Waals surface area contributed by atoms with Crippen LogP contribution in [-0.4, -0.2) is 9.97 Å². The maximum absolute atomic E-state index is 6.35. The molecule has 7 heteroatoms. The molecule has 0 saturated carbocycles. The molecule has 0 fully saturated rings. The van der Waals surface area contributed by atoms with Crippen molar-refractivity contribution < 1.29 is 4.74 Å². The summed E-state index contributed by atoms with van der Waals surface area (Å²) < 4.78 is 6.04. The summed E-state index contributed by atoms with van der Waals surface area (Å²) >= 11 is 20.2. The lowest BCUT2D eigenvalue weighted by Gasteiger charge is -2.15. The van der Waals surface area contributed by atoms with Crippen LogP contribution in [0.25, 0.3) is 15.8 Å². The third-order valence-electron chi connectivity index (χ3n) is 4.01. The predicted molar refractivity (Wildman–Crippen MR) is 121 cm³/mol. The normalized spacial score (nSPS) is 12.0. The number of nitrogens with zero attached hydrogens (tertiary/aromatic N) is 2. The molecule has 144 valence electrons. The third kappa shape index (κ3) is 4.47. The molecule has 0 saturated heterocycles. The van der Waals surface area contributed by atoms with E-state index in [0.717, 1.165) is 27.1 Å². The second-order valence-corrected chi connectivity index (χ2v) is 8.34. The van der Waals surface area contributed by atoms with E-state index in [9.17, 15) is 0 Å². The fraction of sp³-hybridized carbons (Fsp3) is 0.143. The molecule has 2 aromatic heterocycles. The van der Waals surface area contributed by atoms with E-state index >= 15 is 0 Å². The first-order valence-electron chi connectivity index (χ1n) is 8.37. The fourth-order valence-electron chi connectivity index (χ4n) is 2.79. The number of pyridine rings is 2. The van der Waals surface area contributed by atoms with Gasteiger partial charge in [0.25, 0.3) is 0 Å². The molecule has 0 atom stereocenters. The summed E-state index contributed by atoms with van der Waals surface area (Å²) in [7, 11) is 0. The van der Waals surface area contributed by atoms with E-state index in [0.29, 0.717) is 26.4 Å². The van der Waals surface area contributed by atoms with Crippen molar-refractivity contribution in [1.29, 1.82) is 0 Å². The van der Waals surface area contributed by atoms with Crippen LogP contribution in [0.4, 0.5) is 0 Å². The summed E-state index contributed by atoms with van der Waals surface area (Å²) in [4.78, 5) is 9.59. The van der Waals surface area contributed by atoms with Crippen molar-refractivity contribution in [1.82, 2.24) is 9.97 Å². The molecule has 3 nitrogen and oxygen atoms in total. The van der Waals surface area contributed by atoms with Gasteiger partial charge in [0.1, 0.15) is 17.9 Å². The highest BCUT2D eigenvalue weighted by molar-refractivity contribution is 8.11. The van der Waals surface area contributed by atoms with E-state index in [4.69, 9.17) is 44.5 Å². The van der Waals surface area contributed by atoms with E-state index in [1.807, 2.05) is 38.1 Å². The number of ether oxygens (including phenoxy) is 1. The number of halogens is 3. The minimum atomic E-state index is 0.211. The van der Waals surface area contributed by atoms with Gasteiger partial charge in [0.2, 0.25) is 0 Å². The highest BCUT2D eigenvalue weighted by Gasteiger charge is 2.15. The van der Waals surface area contributed by atoms with Gasteiger partial charge in [-0.1, -0.05) is 65.3 Å². The van der Waals surface area contributed by atoms with Crippen molar-refractivity contribution in [3.05, 3.63) is 80.5 Å². The topological polar surface area (TPSA) is 35.0 Å². The summed E-state index contributed by atoms with van der Waals surface area (Å²) in [5.74, 6) is 0.640. The van der Waals surface area contributed by atoms with Crippen LogP contribution in [0.15, 0.2) is 53.7 Å². The summed E-state index contributed by atoms with van der Waals surface area (Å²) in [6.07, 6.45) is 3.09. The smallest absolute Gasteiger partial charge is 0.146 e. The van der Waals surface area contributed by atoms with Gasteiger partial charge < -0.3 is 4.74 Å². The van der Waals surface area contributed by atoms with Crippen LogP contribution >= 0.6 is 46.6 Å². The van der Waals surface area contributed by atoms with Gasteiger partial charge in [-0.2, -0.15) is 0 Å². The van der Waals surface area contributed by atoms with E-state index in [1.54, 1.807) is 17.8 Å². The van der Waals surface area contributed by atoms with Crippen LogP contribution in [0.3, 0.4) is 0 Å². The van der Waals surface area contributed by atoms with Crippen LogP contribution < -0.4 is 4.74 Å². The Morgan fingerprint density at radius 3 is 2.61 bits per heavy atom.